The lowest BCUT2D eigenvalue weighted by molar-refractivity contribution is 0.407. The first-order valence-electron chi connectivity index (χ1n) is 8.75. The Morgan fingerprint density at radius 2 is 1.52 bits per heavy atom. The Bertz CT molecular complexity index is 984. The van der Waals surface area contributed by atoms with Gasteiger partial charge in [-0.05, 0) is 30.7 Å². The molecule has 140 valence electrons. The molecule has 4 nitrogen and oxygen atoms in total. The number of sulfonamides is 1. The number of benzene rings is 3. The minimum Gasteiger partial charge on any atom is -0.496 e. The molecule has 0 saturated carbocycles. The molecule has 3 aromatic carbocycles. The number of ether oxygens (including phenoxy) is 1. The molecule has 1 atom stereocenters. The van der Waals surface area contributed by atoms with Crippen molar-refractivity contribution in [2.24, 2.45) is 0 Å². The molecule has 0 heterocycles. The molecule has 0 amide bonds. The van der Waals surface area contributed by atoms with E-state index < -0.39 is 10.0 Å². The second-order valence-electron chi connectivity index (χ2n) is 6.37. The first kappa shape index (κ1) is 19.1. The monoisotopic (exact) mass is 381 g/mol. The van der Waals surface area contributed by atoms with Crippen LogP contribution in [0.3, 0.4) is 0 Å². The average Bonchev–Trinajstić information content (AvgIpc) is 2.69. The molecule has 0 aliphatic rings. The normalized spacial score (nSPS) is 12.5. The summed E-state index contributed by atoms with van der Waals surface area (Å²) >= 11 is 0. The van der Waals surface area contributed by atoms with Crippen LogP contribution in [-0.4, -0.2) is 22.1 Å². The number of rotatable bonds is 7. The zero-order valence-corrected chi connectivity index (χ0v) is 16.2. The number of hydrogen-bond donors (Lipinski definition) is 1. The summed E-state index contributed by atoms with van der Waals surface area (Å²) in [5.74, 6) is 0.573. The number of para-hydroxylation sites is 1. The van der Waals surface area contributed by atoms with E-state index in [0.717, 1.165) is 22.4 Å². The molecule has 5 heteroatoms. The predicted molar refractivity (Wildman–Crippen MR) is 108 cm³/mol. The highest BCUT2D eigenvalue weighted by Crippen LogP contribution is 2.31. The van der Waals surface area contributed by atoms with E-state index in [1.165, 1.54) is 0 Å². The van der Waals surface area contributed by atoms with Crippen LogP contribution in [-0.2, 0) is 10.0 Å². The van der Waals surface area contributed by atoms with Gasteiger partial charge in [-0.3, -0.25) is 0 Å². The minimum absolute atomic E-state index is 0.164. The molecule has 0 radical (unpaired) electrons. The van der Waals surface area contributed by atoms with E-state index in [4.69, 9.17) is 4.74 Å². The van der Waals surface area contributed by atoms with Crippen molar-refractivity contribution in [2.45, 2.75) is 17.7 Å². The molecular weight excluding hydrogens is 358 g/mol. The summed E-state index contributed by atoms with van der Waals surface area (Å²) in [7, 11) is -1.98. The standard InChI is InChI=1S/C22H23NO3S/c1-17-12-14-19(15-13-17)27(24,25)23-16-21(18-8-4-3-5-9-18)20-10-6-7-11-22(20)26-2/h3-15,21,23H,16H2,1-2H3/t21-/m1/s1. The first-order chi connectivity index (χ1) is 13.0. The lowest BCUT2D eigenvalue weighted by atomic mass is 9.91. The van der Waals surface area contributed by atoms with Crippen molar-refractivity contribution in [1.29, 1.82) is 0 Å². The van der Waals surface area contributed by atoms with Gasteiger partial charge < -0.3 is 4.74 Å². The fraction of sp³-hybridized carbons (Fsp3) is 0.182. The second kappa shape index (κ2) is 8.37. The van der Waals surface area contributed by atoms with E-state index in [0.29, 0.717) is 0 Å². The average molecular weight is 381 g/mol. The SMILES string of the molecule is COc1ccccc1[C@H](CNS(=O)(=O)c1ccc(C)cc1)c1ccccc1. The molecule has 3 rings (SSSR count). The highest BCUT2D eigenvalue weighted by Gasteiger charge is 2.21. The summed E-state index contributed by atoms with van der Waals surface area (Å²) in [5.41, 5.74) is 2.98. The zero-order valence-electron chi connectivity index (χ0n) is 15.4. The molecule has 27 heavy (non-hydrogen) atoms. The maximum Gasteiger partial charge on any atom is 0.240 e. The summed E-state index contributed by atoms with van der Waals surface area (Å²) < 4.78 is 33.7. The van der Waals surface area contributed by atoms with Crippen molar-refractivity contribution in [3.05, 3.63) is 95.6 Å². The first-order valence-corrected chi connectivity index (χ1v) is 10.2. The Labute approximate surface area is 160 Å². The fourth-order valence-corrected chi connectivity index (χ4v) is 4.09. The van der Waals surface area contributed by atoms with Crippen molar-refractivity contribution in [1.82, 2.24) is 4.72 Å². The van der Waals surface area contributed by atoms with E-state index in [9.17, 15) is 8.42 Å². The second-order valence-corrected chi connectivity index (χ2v) is 8.14. The van der Waals surface area contributed by atoms with Gasteiger partial charge in [-0.15, -0.1) is 0 Å². The van der Waals surface area contributed by atoms with Gasteiger partial charge in [0, 0.05) is 18.0 Å². The predicted octanol–water partition coefficient (Wildman–Crippen LogP) is 4.11. The zero-order chi connectivity index (χ0) is 19.3. The maximum absolute atomic E-state index is 12.7. The molecule has 0 aliphatic heterocycles. The van der Waals surface area contributed by atoms with Gasteiger partial charge in [0.15, 0.2) is 0 Å². The van der Waals surface area contributed by atoms with E-state index in [1.54, 1.807) is 31.4 Å². The van der Waals surface area contributed by atoms with Crippen LogP contribution < -0.4 is 9.46 Å². The molecule has 0 spiro atoms. The van der Waals surface area contributed by atoms with Crippen molar-refractivity contribution in [3.63, 3.8) is 0 Å². The largest absolute Gasteiger partial charge is 0.496 e. The summed E-state index contributed by atoms with van der Waals surface area (Å²) in [4.78, 5) is 0.264. The summed E-state index contributed by atoms with van der Waals surface area (Å²) in [6.45, 7) is 2.16. The summed E-state index contributed by atoms with van der Waals surface area (Å²) in [5, 5.41) is 0. The lowest BCUT2D eigenvalue weighted by Crippen LogP contribution is -2.29. The van der Waals surface area contributed by atoms with E-state index in [1.807, 2.05) is 61.5 Å². The van der Waals surface area contributed by atoms with Gasteiger partial charge in [-0.25, -0.2) is 13.1 Å². The van der Waals surface area contributed by atoms with E-state index in [2.05, 4.69) is 4.72 Å². The highest BCUT2D eigenvalue weighted by atomic mass is 32.2. The molecule has 0 saturated heterocycles. The molecule has 1 N–H and O–H groups in total. The Morgan fingerprint density at radius 1 is 0.889 bits per heavy atom. The van der Waals surface area contributed by atoms with Gasteiger partial charge in [0.1, 0.15) is 5.75 Å². The summed E-state index contributed by atoms with van der Waals surface area (Å²) in [6, 6.07) is 24.4. The molecular formula is C22H23NO3S. The number of nitrogens with one attached hydrogen (secondary N) is 1. The van der Waals surface area contributed by atoms with Gasteiger partial charge in [0.2, 0.25) is 10.0 Å². The van der Waals surface area contributed by atoms with Crippen LogP contribution >= 0.6 is 0 Å². The third-order valence-corrected chi connectivity index (χ3v) is 5.96. The maximum atomic E-state index is 12.7. The van der Waals surface area contributed by atoms with Gasteiger partial charge in [0.05, 0.1) is 12.0 Å². The Kier molecular flexibility index (Phi) is 5.94. The van der Waals surface area contributed by atoms with Crippen molar-refractivity contribution in [2.75, 3.05) is 13.7 Å². The van der Waals surface area contributed by atoms with E-state index in [-0.39, 0.29) is 17.4 Å². The van der Waals surface area contributed by atoms with Gasteiger partial charge in [-0.1, -0.05) is 66.2 Å². The fourth-order valence-electron chi connectivity index (χ4n) is 3.04. The van der Waals surface area contributed by atoms with Crippen LogP contribution in [0.25, 0.3) is 0 Å². The van der Waals surface area contributed by atoms with Gasteiger partial charge >= 0.3 is 0 Å². The topological polar surface area (TPSA) is 55.4 Å². The van der Waals surface area contributed by atoms with Crippen LogP contribution in [0.5, 0.6) is 5.75 Å². The van der Waals surface area contributed by atoms with Crippen molar-refractivity contribution >= 4 is 10.0 Å². The van der Waals surface area contributed by atoms with Crippen LogP contribution in [0.2, 0.25) is 0 Å². The third kappa shape index (κ3) is 4.56. The highest BCUT2D eigenvalue weighted by molar-refractivity contribution is 7.89. The Morgan fingerprint density at radius 3 is 2.19 bits per heavy atom. The molecule has 0 bridgehead atoms. The van der Waals surface area contributed by atoms with Crippen LogP contribution in [0.1, 0.15) is 22.6 Å². The van der Waals surface area contributed by atoms with Crippen LogP contribution in [0.4, 0.5) is 0 Å². The molecule has 3 aromatic rings. The lowest BCUT2D eigenvalue weighted by Gasteiger charge is -2.21. The van der Waals surface area contributed by atoms with E-state index >= 15 is 0 Å². The minimum atomic E-state index is -3.60. The Hall–Kier alpha value is -2.63. The van der Waals surface area contributed by atoms with Crippen LogP contribution in [0.15, 0.2) is 83.8 Å². The molecule has 0 aromatic heterocycles. The smallest absolute Gasteiger partial charge is 0.240 e. The number of methoxy groups -OCH3 is 1. The van der Waals surface area contributed by atoms with Crippen molar-refractivity contribution in [3.8, 4) is 5.75 Å². The number of aryl methyl sites for hydroxylation is 1. The van der Waals surface area contributed by atoms with Gasteiger partial charge in [-0.2, -0.15) is 0 Å². The molecule has 0 fully saturated rings. The molecule has 0 unspecified atom stereocenters. The Balaban J connectivity index is 1.92. The molecule has 0 aliphatic carbocycles. The third-order valence-electron chi connectivity index (χ3n) is 4.53. The van der Waals surface area contributed by atoms with Crippen LogP contribution in [0, 0.1) is 6.92 Å². The summed E-state index contributed by atoms with van der Waals surface area (Å²) in [6.07, 6.45) is 0. The quantitative estimate of drug-likeness (QED) is 0.670. The van der Waals surface area contributed by atoms with Crippen molar-refractivity contribution < 1.29 is 13.2 Å². The number of hydrogen-bond acceptors (Lipinski definition) is 3. The van der Waals surface area contributed by atoms with Gasteiger partial charge in [0.25, 0.3) is 0 Å².